The molecule has 1 aromatic heterocycles. The number of rotatable bonds is 2. The maximum Gasteiger partial charge on any atom is 0.0921 e. The second kappa shape index (κ2) is 3.20. The highest BCUT2D eigenvalue weighted by Crippen LogP contribution is 1.93. The summed E-state index contributed by atoms with van der Waals surface area (Å²) in [5.41, 5.74) is 0.958. The van der Waals surface area contributed by atoms with E-state index in [1.54, 1.807) is 6.20 Å². The van der Waals surface area contributed by atoms with Crippen LogP contribution in [0.25, 0.3) is 0 Å². The third kappa shape index (κ3) is 1.82. The van der Waals surface area contributed by atoms with Gasteiger partial charge in [0.1, 0.15) is 0 Å². The van der Waals surface area contributed by atoms with E-state index in [1.165, 1.54) is 0 Å². The van der Waals surface area contributed by atoms with Crippen LogP contribution in [0.4, 0.5) is 0 Å². The number of aromatic nitrogens is 1. The molecule has 9 heavy (non-hydrogen) atoms. The van der Waals surface area contributed by atoms with Crippen molar-refractivity contribution < 1.29 is 5.11 Å². The summed E-state index contributed by atoms with van der Waals surface area (Å²) < 4.78 is 0. The van der Waals surface area contributed by atoms with E-state index >= 15 is 0 Å². The molecule has 0 atom stereocenters. The Labute approximate surface area is 54.2 Å². The number of hydrogen-bond acceptors (Lipinski definition) is 2. The smallest absolute Gasteiger partial charge is 0.0921 e. The van der Waals surface area contributed by atoms with Crippen LogP contribution >= 0.6 is 0 Å². The Morgan fingerprint density at radius 1 is 1.67 bits per heavy atom. The molecule has 0 bridgehead atoms. The lowest BCUT2D eigenvalue weighted by Crippen LogP contribution is -1.90. The summed E-state index contributed by atoms with van der Waals surface area (Å²) >= 11 is 0. The molecule has 0 aliphatic rings. The molecular weight excluding hydrogens is 114 g/mol. The Bertz CT molecular complexity index is 162. The van der Waals surface area contributed by atoms with Gasteiger partial charge in [0, 0.05) is 12.8 Å². The van der Waals surface area contributed by atoms with Crippen LogP contribution < -0.4 is 0 Å². The lowest BCUT2D eigenvalue weighted by molar-refractivity contribution is 0.299. The molecule has 1 radical (unpaired) electrons. The third-order valence-electron chi connectivity index (χ3n) is 1.05. The zero-order valence-corrected chi connectivity index (χ0v) is 5.04. The van der Waals surface area contributed by atoms with Gasteiger partial charge in [0.05, 0.1) is 6.20 Å². The van der Waals surface area contributed by atoms with Gasteiger partial charge in [-0.3, -0.25) is 4.98 Å². The fourth-order valence-corrected chi connectivity index (χ4v) is 0.619. The fourth-order valence-electron chi connectivity index (χ4n) is 0.619. The van der Waals surface area contributed by atoms with E-state index in [-0.39, 0.29) is 6.61 Å². The predicted octanol–water partition coefficient (Wildman–Crippen LogP) is 0.417. The van der Waals surface area contributed by atoms with Crippen molar-refractivity contribution in [1.82, 2.24) is 4.98 Å². The van der Waals surface area contributed by atoms with Crippen molar-refractivity contribution in [3.63, 3.8) is 0 Å². The number of aliphatic hydroxyl groups excluding tert-OH is 1. The predicted molar refractivity (Wildman–Crippen MR) is 33.9 cm³/mol. The molecule has 1 N–H and O–H groups in total. The van der Waals surface area contributed by atoms with Crippen LogP contribution in [-0.4, -0.2) is 16.7 Å². The SMILES string of the molecule is OCCc1[c]nccc1. The molecular formula is C7H8NO. The lowest BCUT2D eigenvalue weighted by atomic mass is 10.2. The van der Waals surface area contributed by atoms with Crippen molar-refractivity contribution in [2.75, 3.05) is 6.61 Å². The summed E-state index contributed by atoms with van der Waals surface area (Å²) in [4.78, 5) is 3.77. The van der Waals surface area contributed by atoms with Crippen LogP contribution in [0.2, 0.25) is 0 Å². The zero-order chi connectivity index (χ0) is 6.53. The summed E-state index contributed by atoms with van der Waals surface area (Å²) in [6, 6.07) is 3.73. The van der Waals surface area contributed by atoms with E-state index in [1.807, 2.05) is 12.1 Å². The molecule has 0 saturated carbocycles. The fraction of sp³-hybridized carbons (Fsp3) is 0.286. The highest BCUT2D eigenvalue weighted by atomic mass is 16.2. The van der Waals surface area contributed by atoms with Crippen LogP contribution in [-0.2, 0) is 6.42 Å². The molecule has 1 rings (SSSR count). The van der Waals surface area contributed by atoms with E-state index < -0.39 is 0 Å². The van der Waals surface area contributed by atoms with Gasteiger partial charge in [-0.25, -0.2) is 0 Å². The topological polar surface area (TPSA) is 33.1 Å². The van der Waals surface area contributed by atoms with Crippen molar-refractivity contribution in [2.45, 2.75) is 6.42 Å². The molecule has 0 saturated heterocycles. The summed E-state index contributed by atoms with van der Waals surface area (Å²) in [6.45, 7) is 0.169. The van der Waals surface area contributed by atoms with Gasteiger partial charge in [-0.2, -0.15) is 0 Å². The van der Waals surface area contributed by atoms with Gasteiger partial charge < -0.3 is 5.11 Å². The molecule has 1 aromatic rings. The van der Waals surface area contributed by atoms with Crippen molar-refractivity contribution in [2.24, 2.45) is 0 Å². The highest BCUT2D eigenvalue weighted by Gasteiger charge is 1.87. The molecule has 47 valence electrons. The maximum atomic E-state index is 8.47. The Hall–Kier alpha value is -0.890. The van der Waals surface area contributed by atoms with Gasteiger partial charge in [0.2, 0.25) is 0 Å². The minimum absolute atomic E-state index is 0.169. The quantitative estimate of drug-likeness (QED) is 0.616. The Morgan fingerprint density at radius 3 is 3.11 bits per heavy atom. The molecule has 1 heterocycles. The van der Waals surface area contributed by atoms with Crippen LogP contribution in [0.1, 0.15) is 5.56 Å². The van der Waals surface area contributed by atoms with Crippen molar-refractivity contribution >= 4 is 0 Å². The second-order valence-corrected chi connectivity index (χ2v) is 1.75. The monoisotopic (exact) mass is 122 g/mol. The number of pyridine rings is 1. The van der Waals surface area contributed by atoms with Gasteiger partial charge in [0.25, 0.3) is 0 Å². The minimum atomic E-state index is 0.169. The van der Waals surface area contributed by atoms with E-state index in [0.29, 0.717) is 6.42 Å². The van der Waals surface area contributed by atoms with Gasteiger partial charge in [-0.05, 0) is 18.1 Å². The normalized spacial score (nSPS) is 9.44. The summed E-state index contributed by atoms with van der Waals surface area (Å²) in [5.74, 6) is 0. The highest BCUT2D eigenvalue weighted by molar-refractivity contribution is 5.06. The van der Waals surface area contributed by atoms with Gasteiger partial charge in [-0.15, -0.1) is 0 Å². The third-order valence-corrected chi connectivity index (χ3v) is 1.05. The molecule has 0 amide bonds. The Kier molecular flexibility index (Phi) is 2.22. The minimum Gasteiger partial charge on any atom is -0.396 e. The summed E-state index contributed by atoms with van der Waals surface area (Å²) in [7, 11) is 0. The van der Waals surface area contributed by atoms with Crippen LogP contribution in [0, 0.1) is 6.20 Å². The van der Waals surface area contributed by atoms with E-state index in [0.717, 1.165) is 5.56 Å². The first-order valence-electron chi connectivity index (χ1n) is 2.86. The van der Waals surface area contributed by atoms with Gasteiger partial charge in [0.15, 0.2) is 0 Å². The average molecular weight is 122 g/mol. The molecule has 0 fully saturated rings. The van der Waals surface area contributed by atoms with E-state index in [2.05, 4.69) is 11.2 Å². The second-order valence-electron chi connectivity index (χ2n) is 1.75. The zero-order valence-electron chi connectivity index (χ0n) is 5.04. The van der Waals surface area contributed by atoms with Crippen LogP contribution in [0.15, 0.2) is 18.3 Å². The van der Waals surface area contributed by atoms with Crippen LogP contribution in [0.3, 0.4) is 0 Å². The van der Waals surface area contributed by atoms with Crippen molar-refractivity contribution in [3.05, 3.63) is 30.1 Å². The molecule has 0 spiro atoms. The molecule has 2 nitrogen and oxygen atoms in total. The summed E-state index contributed by atoms with van der Waals surface area (Å²) in [6.07, 6.45) is 5.07. The molecule has 0 unspecified atom stereocenters. The van der Waals surface area contributed by atoms with Gasteiger partial charge in [-0.1, -0.05) is 6.07 Å². The first kappa shape index (κ1) is 6.23. The van der Waals surface area contributed by atoms with Crippen LogP contribution in [0.5, 0.6) is 0 Å². The maximum absolute atomic E-state index is 8.47. The van der Waals surface area contributed by atoms with Crippen molar-refractivity contribution in [1.29, 1.82) is 0 Å². The number of hydrogen-bond donors (Lipinski definition) is 1. The standard InChI is InChI=1S/C7H8NO/c9-5-3-7-2-1-4-8-6-7/h1-2,4,9H,3,5H2. The molecule has 2 heteroatoms. The Morgan fingerprint density at radius 2 is 2.56 bits per heavy atom. The van der Waals surface area contributed by atoms with E-state index in [4.69, 9.17) is 5.11 Å². The number of nitrogens with zero attached hydrogens (tertiary/aromatic N) is 1. The van der Waals surface area contributed by atoms with Crippen molar-refractivity contribution in [3.8, 4) is 0 Å². The molecule has 0 aliphatic carbocycles. The molecule has 0 aromatic carbocycles. The summed E-state index contributed by atoms with van der Waals surface area (Å²) in [5, 5.41) is 8.47. The average Bonchev–Trinajstić information content (AvgIpc) is 1.91. The largest absolute Gasteiger partial charge is 0.396 e. The first-order chi connectivity index (χ1) is 4.43. The number of aliphatic hydroxyl groups is 1. The van der Waals surface area contributed by atoms with Gasteiger partial charge >= 0.3 is 0 Å². The lowest BCUT2D eigenvalue weighted by Gasteiger charge is -1.91. The Balaban J connectivity index is 2.61. The first-order valence-corrected chi connectivity index (χ1v) is 2.86. The molecule has 0 aliphatic heterocycles. The van der Waals surface area contributed by atoms with E-state index in [9.17, 15) is 0 Å².